The van der Waals surface area contributed by atoms with Crippen LogP contribution >= 0.6 is 47.2 Å². The number of likely N-dealkylation sites (N-methyl/N-ethyl adjacent to an activating group) is 1. The molecule has 1 aliphatic rings. The Bertz CT molecular complexity index is 882. The summed E-state index contributed by atoms with van der Waals surface area (Å²) in [5.41, 5.74) is 1.73. The number of amides is 1. The quantitative estimate of drug-likeness (QED) is 0.449. The molecule has 1 aliphatic heterocycles. The lowest BCUT2D eigenvalue weighted by molar-refractivity contribution is -0.121. The van der Waals surface area contributed by atoms with Gasteiger partial charge in [-0.2, -0.15) is 0 Å². The number of nitrogens with zero attached hydrogens (tertiary/aromatic N) is 1. The molecule has 0 saturated carbocycles. The molecule has 3 nitrogen and oxygen atoms in total. The van der Waals surface area contributed by atoms with Crippen molar-refractivity contribution < 1.29 is 9.53 Å². The first-order chi connectivity index (χ1) is 12.5. The number of hydrogen-bond donors (Lipinski definition) is 0. The maximum Gasteiger partial charge on any atom is 0.266 e. The summed E-state index contributed by atoms with van der Waals surface area (Å²) >= 11 is 18.6. The second-order valence-electron chi connectivity index (χ2n) is 5.52. The van der Waals surface area contributed by atoms with Crippen molar-refractivity contribution in [3.8, 4) is 5.75 Å². The molecular weight excluding hydrogens is 409 g/mol. The Kier molecular flexibility index (Phi) is 6.24. The molecule has 7 heteroatoms. The van der Waals surface area contributed by atoms with E-state index in [1.165, 1.54) is 11.8 Å². The molecule has 134 valence electrons. The van der Waals surface area contributed by atoms with E-state index in [-0.39, 0.29) is 5.91 Å². The van der Waals surface area contributed by atoms with Crippen LogP contribution in [-0.2, 0) is 11.4 Å². The van der Waals surface area contributed by atoms with Gasteiger partial charge in [0.25, 0.3) is 5.91 Å². The summed E-state index contributed by atoms with van der Waals surface area (Å²) in [7, 11) is 0. The molecular formula is C19H15Cl2NO2S2. The molecule has 0 N–H and O–H groups in total. The first-order valence-electron chi connectivity index (χ1n) is 7.90. The van der Waals surface area contributed by atoms with Crippen LogP contribution in [0.4, 0.5) is 0 Å². The molecule has 0 radical (unpaired) electrons. The van der Waals surface area contributed by atoms with E-state index in [4.69, 9.17) is 40.2 Å². The van der Waals surface area contributed by atoms with Gasteiger partial charge in [-0.3, -0.25) is 9.69 Å². The van der Waals surface area contributed by atoms with E-state index in [2.05, 4.69) is 0 Å². The van der Waals surface area contributed by atoms with Gasteiger partial charge in [0.05, 0.1) is 4.91 Å². The van der Waals surface area contributed by atoms with Crippen molar-refractivity contribution in [1.82, 2.24) is 4.90 Å². The fourth-order valence-electron chi connectivity index (χ4n) is 2.42. The summed E-state index contributed by atoms with van der Waals surface area (Å²) in [5.74, 6) is 0.553. The number of halogens is 2. The molecule has 26 heavy (non-hydrogen) atoms. The van der Waals surface area contributed by atoms with Gasteiger partial charge in [0.1, 0.15) is 16.7 Å². The lowest BCUT2D eigenvalue weighted by Crippen LogP contribution is -2.27. The average molecular weight is 424 g/mol. The van der Waals surface area contributed by atoms with Crippen LogP contribution in [0.1, 0.15) is 18.1 Å². The van der Waals surface area contributed by atoms with E-state index >= 15 is 0 Å². The van der Waals surface area contributed by atoms with E-state index in [0.717, 1.165) is 11.1 Å². The summed E-state index contributed by atoms with van der Waals surface area (Å²) in [6.45, 7) is 2.83. The highest BCUT2D eigenvalue weighted by Crippen LogP contribution is 2.35. The lowest BCUT2D eigenvalue weighted by atomic mass is 10.1. The smallest absolute Gasteiger partial charge is 0.266 e. The van der Waals surface area contributed by atoms with Crippen LogP contribution in [0.2, 0.25) is 10.0 Å². The first-order valence-corrected chi connectivity index (χ1v) is 9.88. The molecule has 1 fully saturated rings. The minimum Gasteiger partial charge on any atom is -0.488 e. The zero-order valence-electron chi connectivity index (χ0n) is 13.9. The largest absolute Gasteiger partial charge is 0.488 e. The molecule has 1 saturated heterocycles. The number of benzene rings is 2. The number of thioether (sulfide) groups is 1. The van der Waals surface area contributed by atoms with Crippen molar-refractivity contribution in [2.45, 2.75) is 13.5 Å². The Morgan fingerprint density at radius 1 is 1.15 bits per heavy atom. The fourth-order valence-corrected chi connectivity index (χ4v) is 4.10. The minimum atomic E-state index is -0.0915. The standard InChI is InChI=1S/C19H15Cl2NO2S2/c1-2-22-18(23)17(26-19(22)25)10-13-9-15(21)7-8-16(13)24-11-12-3-5-14(20)6-4-12/h3-10H,2,11H2,1H3/b17-10+. The van der Waals surface area contributed by atoms with Gasteiger partial charge in [-0.1, -0.05) is 59.3 Å². The zero-order chi connectivity index (χ0) is 18.7. The maximum atomic E-state index is 12.4. The predicted molar refractivity (Wildman–Crippen MR) is 113 cm³/mol. The number of carbonyl (C=O) groups is 1. The SMILES string of the molecule is CCN1C(=O)/C(=C\c2cc(Cl)ccc2OCc2ccc(Cl)cc2)SC1=S. The van der Waals surface area contributed by atoms with Crippen LogP contribution in [0, 0.1) is 0 Å². The van der Waals surface area contributed by atoms with Crippen molar-refractivity contribution in [2.24, 2.45) is 0 Å². The van der Waals surface area contributed by atoms with Gasteiger partial charge >= 0.3 is 0 Å². The summed E-state index contributed by atoms with van der Waals surface area (Å²) in [5, 5.41) is 1.25. The molecule has 2 aromatic rings. The summed E-state index contributed by atoms with van der Waals surface area (Å²) < 4.78 is 6.49. The van der Waals surface area contributed by atoms with Crippen LogP contribution < -0.4 is 4.74 Å². The van der Waals surface area contributed by atoms with Gasteiger partial charge in [0.2, 0.25) is 0 Å². The normalized spacial score (nSPS) is 15.8. The molecule has 1 heterocycles. The Hall–Kier alpha value is -1.53. The van der Waals surface area contributed by atoms with Crippen LogP contribution in [0.25, 0.3) is 6.08 Å². The van der Waals surface area contributed by atoms with E-state index in [1.54, 1.807) is 29.2 Å². The summed E-state index contributed by atoms with van der Waals surface area (Å²) in [6, 6.07) is 12.8. The minimum absolute atomic E-state index is 0.0915. The fraction of sp³-hybridized carbons (Fsp3) is 0.158. The Balaban J connectivity index is 1.84. The highest BCUT2D eigenvalue weighted by molar-refractivity contribution is 8.26. The molecule has 0 spiro atoms. The number of ether oxygens (including phenoxy) is 1. The van der Waals surface area contributed by atoms with E-state index in [1.807, 2.05) is 31.2 Å². The molecule has 0 bridgehead atoms. The second-order valence-corrected chi connectivity index (χ2v) is 8.07. The average Bonchev–Trinajstić information content (AvgIpc) is 2.88. The highest BCUT2D eigenvalue weighted by Gasteiger charge is 2.30. The van der Waals surface area contributed by atoms with Crippen molar-refractivity contribution in [1.29, 1.82) is 0 Å². The van der Waals surface area contributed by atoms with E-state index < -0.39 is 0 Å². The molecule has 3 rings (SSSR count). The molecule has 0 aromatic heterocycles. The van der Waals surface area contributed by atoms with Crippen molar-refractivity contribution in [3.63, 3.8) is 0 Å². The molecule has 0 aliphatic carbocycles. The van der Waals surface area contributed by atoms with Gasteiger partial charge in [-0.05, 0) is 48.9 Å². The van der Waals surface area contributed by atoms with Gasteiger partial charge in [-0.15, -0.1) is 0 Å². The summed E-state index contributed by atoms with van der Waals surface area (Å²) in [4.78, 5) is 14.6. The van der Waals surface area contributed by atoms with Crippen LogP contribution in [0.5, 0.6) is 5.75 Å². The topological polar surface area (TPSA) is 29.5 Å². The van der Waals surface area contributed by atoms with Gasteiger partial charge in [0, 0.05) is 22.2 Å². The van der Waals surface area contributed by atoms with E-state index in [9.17, 15) is 4.79 Å². The van der Waals surface area contributed by atoms with Crippen molar-refractivity contribution in [2.75, 3.05) is 6.54 Å². The van der Waals surface area contributed by atoms with Crippen molar-refractivity contribution in [3.05, 3.63) is 68.5 Å². The third-order valence-corrected chi connectivity index (χ3v) is 5.62. The summed E-state index contributed by atoms with van der Waals surface area (Å²) in [6.07, 6.45) is 1.78. The van der Waals surface area contributed by atoms with Gasteiger partial charge in [-0.25, -0.2) is 0 Å². The number of rotatable bonds is 5. The molecule has 0 unspecified atom stereocenters. The molecule has 1 amide bonds. The second kappa shape index (κ2) is 8.44. The highest BCUT2D eigenvalue weighted by atomic mass is 35.5. The molecule has 2 aromatic carbocycles. The molecule has 0 atom stereocenters. The Morgan fingerprint density at radius 2 is 1.85 bits per heavy atom. The number of thiocarbonyl (C=S) groups is 1. The first kappa shape index (κ1) is 19.2. The van der Waals surface area contributed by atoms with Crippen LogP contribution in [-0.4, -0.2) is 21.7 Å². The van der Waals surface area contributed by atoms with Crippen molar-refractivity contribution >= 4 is 63.5 Å². The zero-order valence-corrected chi connectivity index (χ0v) is 17.0. The van der Waals surface area contributed by atoms with Gasteiger partial charge in [0.15, 0.2) is 0 Å². The number of carbonyl (C=O) groups excluding carboxylic acids is 1. The van der Waals surface area contributed by atoms with Crippen LogP contribution in [0.15, 0.2) is 47.4 Å². The Labute approximate surface area is 171 Å². The monoisotopic (exact) mass is 423 g/mol. The predicted octanol–water partition coefficient (Wildman–Crippen LogP) is 5.79. The third kappa shape index (κ3) is 4.41. The number of hydrogen-bond acceptors (Lipinski definition) is 4. The lowest BCUT2D eigenvalue weighted by Gasteiger charge is -2.11. The third-order valence-electron chi connectivity index (χ3n) is 3.76. The van der Waals surface area contributed by atoms with E-state index in [0.29, 0.717) is 38.2 Å². The maximum absolute atomic E-state index is 12.4. The Morgan fingerprint density at radius 3 is 2.50 bits per heavy atom. The van der Waals surface area contributed by atoms with Gasteiger partial charge < -0.3 is 4.74 Å². The van der Waals surface area contributed by atoms with Crippen LogP contribution in [0.3, 0.4) is 0 Å².